The number of nitrogens with zero attached hydrogens (tertiary/aromatic N) is 4. The highest BCUT2D eigenvalue weighted by Crippen LogP contribution is 2.28. The Hall–Kier alpha value is -2.78. The van der Waals surface area contributed by atoms with E-state index in [4.69, 9.17) is 0 Å². The molecule has 0 bridgehead atoms. The van der Waals surface area contributed by atoms with Gasteiger partial charge in [-0.2, -0.15) is 18.3 Å². The molecule has 1 aliphatic rings. The van der Waals surface area contributed by atoms with Crippen molar-refractivity contribution < 1.29 is 22.8 Å². The molecule has 2 aromatic heterocycles. The number of alkyl halides is 3. The van der Waals surface area contributed by atoms with Crippen LogP contribution < -0.4 is 5.32 Å². The van der Waals surface area contributed by atoms with E-state index in [0.717, 1.165) is 10.7 Å². The van der Waals surface area contributed by atoms with E-state index < -0.39 is 17.8 Å². The monoisotopic (exact) mass is 411 g/mol. The lowest BCUT2D eigenvalue weighted by Crippen LogP contribution is -2.54. The van der Waals surface area contributed by atoms with Gasteiger partial charge < -0.3 is 14.8 Å². The highest BCUT2D eigenvalue weighted by molar-refractivity contribution is 5.93. The van der Waals surface area contributed by atoms with Crippen LogP contribution in [0.15, 0.2) is 24.4 Å². The van der Waals surface area contributed by atoms with E-state index in [1.807, 2.05) is 24.6 Å². The minimum absolute atomic E-state index is 0.0908. The minimum atomic E-state index is -4.55. The molecule has 1 N–H and O–H groups in total. The molecule has 1 unspecified atom stereocenters. The second-order valence-electron chi connectivity index (χ2n) is 7.68. The molecule has 29 heavy (non-hydrogen) atoms. The molecule has 0 aliphatic carbocycles. The molecule has 1 atom stereocenters. The fourth-order valence-corrected chi connectivity index (χ4v) is 3.44. The molecule has 10 heteroatoms. The molecule has 2 amide bonds. The topological polar surface area (TPSA) is 72.2 Å². The lowest BCUT2D eigenvalue weighted by molar-refractivity contribution is -0.141. The van der Waals surface area contributed by atoms with E-state index in [-0.39, 0.29) is 36.7 Å². The summed E-state index contributed by atoms with van der Waals surface area (Å²) >= 11 is 0. The van der Waals surface area contributed by atoms with E-state index >= 15 is 0 Å². The Morgan fingerprint density at radius 1 is 1.38 bits per heavy atom. The molecule has 2 aromatic rings. The third-order valence-electron chi connectivity index (χ3n) is 4.82. The number of carbonyl (C=O) groups excluding carboxylic acids is 2. The molecule has 0 fully saturated rings. The molecule has 3 heterocycles. The normalized spacial score (nSPS) is 17.0. The first-order valence-corrected chi connectivity index (χ1v) is 9.40. The lowest BCUT2D eigenvalue weighted by atomic mass is 10.1. The van der Waals surface area contributed by atoms with Gasteiger partial charge in [0.25, 0.3) is 5.91 Å². The van der Waals surface area contributed by atoms with Crippen LogP contribution in [-0.2, 0) is 24.1 Å². The number of amides is 2. The second kappa shape index (κ2) is 7.92. The van der Waals surface area contributed by atoms with Gasteiger partial charge in [0.2, 0.25) is 5.91 Å². The van der Waals surface area contributed by atoms with Crippen molar-refractivity contribution in [3.05, 3.63) is 41.5 Å². The molecular formula is C19H24F3N5O2. The molecule has 0 saturated carbocycles. The standard InChI is InChI=1S/C19H24F3N5O2/c1-12(2)9-26-14(10-25-6-4-5-15(25)18(26)29)8-23-17(28)11-27-13(3)7-16(24-27)19(20,21)22/h4-7,12,14H,8-11H2,1-3H3,(H,23,28). The number of hydrogen-bond acceptors (Lipinski definition) is 3. The van der Waals surface area contributed by atoms with Crippen LogP contribution in [0.3, 0.4) is 0 Å². The van der Waals surface area contributed by atoms with Gasteiger partial charge in [0.05, 0.1) is 6.04 Å². The van der Waals surface area contributed by atoms with Crippen molar-refractivity contribution in [1.29, 1.82) is 0 Å². The molecule has 0 radical (unpaired) electrons. The summed E-state index contributed by atoms with van der Waals surface area (Å²) in [6.07, 6.45) is -2.73. The first-order valence-electron chi connectivity index (χ1n) is 9.40. The predicted molar refractivity (Wildman–Crippen MR) is 99.1 cm³/mol. The quantitative estimate of drug-likeness (QED) is 0.793. The average Bonchev–Trinajstić information content (AvgIpc) is 3.22. The Bertz CT molecular complexity index is 900. The van der Waals surface area contributed by atoms with Gasteiger partial charge in [0.15, 0.2) is 5.69 Å². The Morgan fingerprint density at radius 2 is 2.10 bits per heavy atom. The Labute approximate surface area is 166 Å². The van der Waals surface area contributed by atoms with Gasteiger partial charge in [-0.15, -0.1) is 0 Å². The largest absolute Gasteiger partial charge is 0.435 e. The summed E-state index contributed by atoms with van der Waals surface area (Å²) < 4.78 is 41.2. The summed E-state index contributed by atoms with van der Waals surface area (Å²) in [4.78, 5) is 26.8. The van der Waals surface area contributed by atoms with Crippen molar-refractivity contribution in [2.24, 2.45) is 5.92 Å². The number of halogens is 3. The van der Waals surface area contributed by atoms with E-state index in [0.29, 0.717) is 18.8 Å². The predicted octanol–water partition coefficient (Wildman–Crippen LogP) is 2.31. The molecule has 7 nitrogen and oxygen atoms in total. The van der Waals surface area contributed by atoms with E-state index in [1.165, 1.54) is 6.92 Å². The van der Waals surface area contributed by atoms with E-state index in [9.17, 15) is 22.8 Å². The molecule has 0 saturated heterocycles. The van der Waals surface area contributed by atoms with Crippen molar-refractivity contribution in [2.75, 3.05) is 13.1 Å². The Morgan fingerprint density at radius 3 is 2.72 bits per heavy atom. The van der Waals surface area contributed by atoms with Gasteiger partial charge in [-0.05, 0) is 31.0 Å². The highest BCUT2D eigenvalue weighted by atomic mass is 19.4. The van der Waals surface area contributed by atoms with Gasteiger partial charge in [0, 0.05) is 31.5 Å². The summed E-state index contributed by atoms with van der Waals surface area (Å²) in [7, 11) is 0. The third-order valence-corrected chi connectivity index (χ3v) is 4.82. The zero-order valence-electron chi connectivity index (χ0n) is 16.5. The SMILES string of the molecule is Cc1cc(C(F)(F)F)nn1CC(=O)NCC1Cn2cccc2C(=O)N1CC(C)C. The zero-order valence-corrected chi connectivity index (χ0v) is 16.5. The van der Waals surface area contributed by atoms with E-state index in [2.05, 4.69) is 10.4 Å². The van der Waals surface area contributed by atoms with Crippen LogP contribution in [0.5, 0.6) is 0 Å². The lowest BCUT2D eigenvalue weighted by Gasteiger charge is -2.37. The van der Waals surface area contributed by atoms with Crippen molar-refractivity contribution in [3.63, 3.8) is 0 Å². The number of nitrogens with one attached hydrogen (secondary N) is 1. The maximum absolute atomic E-state index is 12.8. The molecule has 0 aromatic carbocycles. The van der Waals surface area contributed by atoms with Gasteiger partial charge in [-0.1, -0.05) is 13.8 Å². The van der Waals surface area contributed by atoms with Crippen LogP contribution in [-0.4, -0.2) is 50.2 Å². The number of carbonyl (C=O) groups is 2. The maximum atomic E-state index is 12.8. The Balaban J connectivity index is 1.66. The highest BCUT2D eigenvalue weighted by Gasteiger charge is 2.35. The molecule has 3 rings (SSSR count). The van der Waals surface area contributed by atoms with Crippen molar-refractivity contribution >= 4 is 11.8 Å². The van der Waals surface area contributed by atoms with Crippen LogP contribution in [0.25, 0.3) is 0 Å². The van der Waals surface area contributed by atoms with Crippen LogP contribution >= 0.6 is 0 Å². The van der Waals surface area contributed by atoms with Crippen LogP contribution in [0, 0.1) is 12.8 Å². The van der Waals surface area contributed by atoms with Gasteiger partial charge in [-0.3, -0.25) is 14.3 Å². The summed E-state index contributed by atoms with van der Waals surface area (Å²) in [5.41, 5.74) is -0.164. The van der Waals surface area contributed by atoms with Crippen LogP contribution in [0.2, 0.25) is 0 Å². The van der Waals surface area contributed by atoms with Crippen LogP contribution in [0.1, 0.15) is 35.7 Å². The first kappa shape index (κ1) is 20.9. The second-order valence-corrected chi connectivity index (χ2v) is 7.68. The number of aryl methyl sites for hydroxylation is 1. The summed E-state index contributed by atoms with van der Waals surface area (Å²) in [6.45, 7) is 6.47. The number of fused-ring (bicyclic) bond motifs is 1. The fraction of sp³-hybridized carbons (Fsp3) is 0.526. The molecule has 1 aliphatic heterocycles. The summed E-state index contributed by atoms with van der Waals surface area (Å²) in [5.74, 6) is -0.293. The zero-order chi connectivity index (χ0) is 21.3. The smallest absolute Gasteiger partial charge is 0.352 e. The van der Waals surface area contributed by atoms with Gasteiger partial charge >= 0.3 is 6.18 Å². The molecular weight excluding hydrogens is 387 g/mol. The number of aromatic nitrogens is 3. The Kier molecular flexibility index (Phi) is 5.72. The van der Waals surface area contributed by atoms with Crippen LogP contribution in [0.4, 0.5) is 13.2 Å². The molecule has 158 valence electrons. The third kappa shape index (κ3) is 4.63. The van der Waals surface area contributed by atoms with Crippen molar-refractivity contribution in [3.8, 4) is 0 Å². The van der Waals surface area contributed by atoms with Gasteiger partial charge in [-0.25, -0.2) is 0 Å². The average molecular weight is 411 g/mol. The van der Waals surface area contributed by atoms with Gasteiger partial charge in [0.1, 0.15) is 12.2 Å². The van der Waals surface area contributed by atoms with Crippen molar-refractivity contribution in [2.45, 2.75) is 46.1 Å². The summed E-state index contributed by atoms with van der Waals surface area (Å²) in [5, 5.41) is 6.20. The van der Waals surface area contributed by atoms with E-state index in [1.54, 1.807) is 17.0 Å². The first-order chi connectivity index (χ1) is 13.6. The molecule has 0 spiro atoms. The fourth-order valence-electron chi connectivity index (χ4n) is 3.44. The summed E-state index contributed by atoms with van der Waals surface area (Å²) in [6, 6.07) is 4.24. The number of rotatable bonds is 6. The maximum Gasteiger partial charge on any atom is 0.435 e. The van der Waals surface area contributed by atoms with Crippen molar-refractivity contribution in [1.82, 2.24) is 24.6 Å². The minimum Gasteiger partial charge on any atom is -0.352 e. The number of hydrogen-bond donors (Lipinski definition) is 1.